The monoisotopic (exact) mass is 421 g/mol. The molecule has 0 aliphatic carbocycles. The van der Waals surface area contributed by atoms with Crippen LogP contribution in [-0.4, -0.2) is 64.8 Å². The molecule has 1 aliphatic heterocycles. The van der Waals surface area contributed by atoms with Crippen LogP contribution in [-0.2, 0) is 32.1 Å². The van der Waals surface area contributed by atoms with E-state index in [0.717, 1.165) is 69.3 Å². The molecule has 30 heavy (non-hydrogen) atoms. The molecule has 0 amide bonds. The predicted octanol–water partition coefficient (Wildman–Crippen LogP) is 2.88. The van der Waals surface area contributed by atoms with Gasteiger partial charge in [-0.3, -0.25) is 0 Å². The van der Waals surface area contributed by atoms with Crippen molar-refractivity contribution in [2.75, 3.05) is 52.7 Å². The normalized spacial score (nSPS) is 16.7. The van der Waals surface area contributed by atoms with Gasteiger partial charge >= 0.3 is 0 Å². The van der Waals surface area contributed by atoms with Crippen LogP contribution in [0.5, 0.6) is 0 Å². The predicted molar refractivity (Wildman–Crippen MR) is 120 cm³/mol. The van der Waals surface area contributed by atoms with Crippen molar-refractivity contribution in [3.8, 4) is 0 Å². The number of hydrogen-bond donors (Lipinski definition) is 2. The third-order valence-electron chi connectivity index (χ3n) is 4.69. The fraction of sp³-hybridized carbons (Fsp3) is 0.696. The minimum absolute atomic E-state index is 0.294. The van der Waals surface area contributed by atoms with E-state index in [0.29, 0.717) is 39.1 Å². The second kappa shape index (κ2) is 16.1. The van der Waals surface area contributed by atoms with Crippen LogP contribution in [0.25, 0.3) is 0 Å². The highest BCUT2D eigenvalue weighted by atomic mass is 16.5. The zero-order valence-electron chi connectivity index (χ0n) is 18.7. The molecule has 0 bridgehead atoms. The summed E-state index contributed by atoms with van der Waals surface area (Å²) in [6.07, 6.45) is 3.51. The van der Waals surface area contributed by atoms with Gasteiger partial charge in [0.2, 0.25) is 0 Å². The number of ether oxygens (including phenoxy) is 4. The van der Waals surface area contributed by atoms with Gasteiger partial charge in [0.1, 0.15) is 0 Å². The Morgan fingerprint density at radius 2 is 1.97 bits per heavy atom. The van der Waals surface area contributed by atoms with Gasteiger partial charge in [-0.15, -0.1) is 0 Å². The number of aliphatic imine (C=N–C) groups is 1. The van der Waals surface area contributed by atoms with Gasteiger partial charge in [-0.05, 0) is 44.2 Å². The molecule has 2 N–H and O–H groups in total. The van der Waals surface area contributed by atoms with Crippen LogP contribution in [0.4, 0.5) is 0 Å². The van der Waals surface area contributed by atoms with Crippen molar-refractivity contribution in [3.63, 3.8) is 0 Å². The Hall–Kier alpha value is -1.67. The topological polar surface area (TPSA) is 73.3 Å². The highest BCUT2D eigenvalue weighted by Gasteiger charge is 2.14. The van der Waals surface area contributed by atoms with Crippen LogP contribution in [0, 0.1) is 0 Å². The summed E-state index contributed by atoms with van der Waals surface area (Å²) >= 11 is 0. The zero-order valence-corrected chi connectivity index (χ0v) is 18.7. The lowest BCUT2D eigenvalue weighted by molar-refractivity contribution is 0.0168. The summed E-state index contributed by atoms with van der Waals surface area (Å²) in [6, 6.07) is 8.37. The van der Waals surface area contributed by atoms with E-state index >= 15 is 0 Å². The third kappa shape index (κ3) is 10.9. The minimum atomic E-state index is 0.294. The van der Waals surface area contributed by atoms with Crippen molar-refractivity contribution >= 4 is 5.96 Å². The molecule has 1 atom stereocenters. The molecule has 1 saturated heterocycles. The Balaban J connectivity index is 1.66. The van der Waals surface area contributed by atoms with Crippen molar-refractivity contribution < 1.29 is 18.9 Å². The molecule has 170 valence electrons. The first-order valence-electron chi connectivity index (χ1n) is 11.3. The molecule has 1 unspecified atom stereocenters. The highest BCUT2D eigenvalue weighted by molar-refractivity contribution is 5.79. The summed E-state index contributed by atoms with van der Waals surface area (Å²) in [5.74, 6) is 0.829. The number of nitrogens with zero attached hydrogens (tertiary/aromatic N) is 1. The summed E-state index contributed by atoms with van der Waals surface area (Å²) in [7, 11) is 0. The maximum absolute atomic E-state index is 5.71. The van der Waals surface area contributed by atoms with Gasteiger partial charge in [-0.1, -0.05) is 24.3 Å². The van der Waals surface area contributed by atoms with Gasteiger partial charge < -0.3 is 29.6 Å². The van der Waals surface area contributed by atoms with Crippen LogP contribution in [0.1, 0.15) is 44.2 Å². The lowest BCUT2D eigenvalue weighted by Gasteiger charge is -2.13. The molecular weight excluding hydrogens is 382 g/mol. The molecule has 1 aromatic rings. The fourth-order valence-electron chi connectivity index (χ4n) is 3.15. The molecule has 7 nitrogen and oxygen atoms in total. The quantitative estimate of drug-likeness (QED) is 0.258. The molecule has 1 fully saturated rings. The number of nitrogens with one attached hydrogen (secondary N) is 2. The molecule has 1 aliphatic rings. The summed E-state index contributed by atoms with van der Waals surface area (Å²) < 4.78 is 22.2. The van der Waals surface area contributed by atoms with Crippen LogP contribution in [0.15, 0.2) is 29.3 Å². The summed E-state index contributed by atoms with van der Waals surface area (Å²) in [5, 5.41) is 6.67. The number of guanidine groups is 1. The Labute approximate surface area is 181 Å². The van der Waals surface area contributed by atoms with E-state index in [2.05, 4.69) is 41.8 Å². The number of hydrogen-bond acceptors (Lipinski definition) is 5. The van der Waals surface area contributed by atoms with Crippen LogP contribution >= 0.6 is 0 Å². The Morgan fingerprint density at radius 1 is 1.10 bits per heavy atom. The molecule has 2 rings (SSSR count). The van der Waals surface area contributed by atoms with Crippen molar-refractivity contribution in [2.45, 2.75) is 52.4 Å². The Morgan fingerprint density at radius 3 is 2.77 bits per heavy atom. The first-order chi connectivity index (χ1) is 14.8. The largest absolute Gasteiger partial charge is 0.379 e. The van der Waals surface area contributed by atoms with Crippen LogP contribution in [0.2, 0.25) is 0 Å². The van der Waals surface area contributed by atoms with E-state index in [1.54, 1.807) is 0 Å². The van der Waals surface area contributed by atoms with Crippen LogP contribution < -0.4 is 10.6 Å². The van der Waals surface area contributed by atoms with Gasteiger partial charge in [0.25, 0.3) is 0 Å². The molecule has 7 heteroatoms. The maximum Gasteiger partial charge on any atom is 0.191 e. The van der Waals surface area contributed by atoms with E-state index < -0.39 is 0 Å². The highest BCUT2D eigenvalue weighted by Crippen LogP contribution is 2.12. The number of rotatable bonds is 15. The number of benzene rings is 1. The Bertz CT molecular complexity index is 592. The standard InChI is InChI=1S/C23H39N3O4/c1-3-24-23(25-11-7-12-28-19-22-10-6-13-30-22)26-17-20-8-5-9-21(16-20)18-29-15-14-27-4-2/h5,8-9,16,22H,3-4,6-7,10-15,17-19H2,1-2H3,(H2,24,25,26). The van der Waals surface area contributed by atoms with Crippen molar-refractivity contribution in [1.29, 1.82) is 0 Å². The Kier molecular flexibility index (Phi) is 13.2. The third-order valence-corrected chi connectivity index (χ3v) is 4.69. The maximum atomic E-state index is 5.71. The second-order valence-electron chi connectivity index (χ2n) is 7.25. The van der Waals surface area contributed by atoms with Crippen molar-refractivity contribution in [1.82, 2.24) is 10.6 Å². The van der Waals surface area contributed by atoms with E-state index in [1.165, 1.54) is 0 Å². The minimum Gasteiger partial charge on any atom is -0.379 e. The van der Waals surface area contributed by atoms with Gasteiger partial charge in [-0.2, -0.15) is 0 Å². The average Bonchev–Trinajstić information content (AvgIpc) is 3.28. The lowest BCUT2D eigenvalue weighted by Crippen LogP contribution is -2.38. The first kappa shape index (κ1) is 24.6. The van der Waals surface area contributed by atoms with Crippen LogP contribution in [0.3, 0.4) is 0 Å². The van der Waals surface area contributed by atoms with Crippen molar-refractivity contribution in [2.24, 2.45) is 4.99 Å². The van der Waals surface area contributed by atoms with E-state index in [4.69, 9.17) is 23.9 Å². The van der Waals surface area contributed by atoms with Gasteiger partial charge in [0, 0.05) is 32.9 Å². The smallest absolute Gasteiger partial charge is 0.191 e. The van der Waals surface area contributed by atoms with Gasteiger partial charge in [-0.25, -0.2) is 4.99 Å². The second-order valence-corrected chi connectivity index (χ2v) is 7.25. The summed E-state index contributed by atoms with van der Waals surface area (Å²) in [4.78, 5) is 4.70. The van der Waals surface area contributed by atoms with Gasteiger partial charge in [0.05, 0.1) is 39.1 Å². The zero-order chi connectivity index (χ0) is 21.3. The molecule has 1 aromatic carbocycles. The summed E-state index contributed by atoms with van der Waals surface area (Å²) in [6.45, 7) is 11.2. The van der Waals surface area contributed by atoms with E-state index in [1.807, 2.05) is 6.92 Å². The average molecular weight is 422 g/mol. The molecule has 0 aromatic heterocycles. The van der Waals surface area contributed by atoms with Crippen molar-refractivity contribution in [3.05, 3.63) is 35.4 Å². The van der Waals surface area contributed by atoms with E-state index in [9.17, 15) is 0 Å². The molecular formula is C23H39N3O4. The lowest BCUT2D eigenvalue weighted by atomic mass is 10.1. The fourth-order valence-corrected chi connectivity index (χ4v) is 3.15. The molecule has 1 heterocycles. The van der Waals surface area contributed by atoms with E-state index in [-0.39, 0.29) is 0 Å². The summed E-state index contributed by atoms with van der Waals surface area (Å²) in [5.41, 5.74) is 2.32. The van der Waals surface area contributed by atoms with Gasteiger partial charge in [0.15, 0.2) is 5.96 Å². The molecule has 0 saturated carbocycles. The molecule has 0 radical (unpaired) electrons. The first-order valence-corrected chi connectivity index (χ1v) is 11.3. The SMILES string of the molecule is CCNC(=NCc1cccc(COCCOCC)c1)NCCCOCC1CCCO1. The molecule has 0 spiro atoms.